The second-order valence-electron chi connectivity index (χ2n) is 8.03. The standard InChI is InChI=1S/C23H27F2N3O/c1-26-10-2-3-22(26)23(29)28-13-8-20(9-14-28)27-11-6-17(7-12-27)15-18-16-19(24)4-5-21(18)25/h2-5,10,15-16,20H,6-9,11-14H2,1H3. The number of rotatable bonds is 3. The number of amides is 1. The van der Waals surface area contributed by atoms with E-state index in [2.05, 4.69) is 4.90 Å². The maximum atomic E-state index is 13.9. The number of hydrogen-bond donors (Lipinski definition) is 0. The number of carbonyl (C=O) groups excluding carboxylic acids is 1. The number of piperidine rings is 2. The van der Waals surface area contributed by atoms with Crippen LogP contribution in [0.25, 0.3) is 6.08 Å². The highest BCUT2D eigenvalue weighted by molar-refractivity contribution is 5.92. The summed E-state index contributed by atoms with van der Waals surface area (Å²) < 4.78 is 29.1. The molecule has 2 saturated heterocycles. The zero-order valence-electron chi connectivity index (χ0n) is 16.8. The van der Waals surface area contributed by atoms with Crippen LogP contribution >= 0.6 is 0 Å². The van der Waals surface area contributed by atoms with E-state index in [-0.39, 0.29) is 11.7 Å². The first kappa shape index (κ1) is 19.8. The molecule has 0 N–H and O–H groups in total. The van der Waals surface area contributed by atoms with Crippen LogP contribution in [-0.2, 0) is 7.05 Å². The molecule has 2 aliphatic rings. The van der Waals surface area contributed by atoms with Gasteiger partial charge in [0.15, 0.2) is 0 Å². The second-order valence-corrected chi connectivity index (χ2v) is 8.03. The van der Waals surface area contributed by atoms with Gasteiger partial charge in [0.1, 0.15) is 17.3 Å². The third-order valence-electron chi connectivity index (χ3n) is 6.19. The van der Waals surface area contributed by atoms with Crippen LogP contribution in [0.5, 0.6) is 0 Å². The van der Waals surface area contributed by atoms with Crippen molar-refractivity contribution < 1.29 is 13.6 Å². The lowest BCUT2D eigenvalue weighted by molar-refractivity contribution is 0.0600. The number of likely N-dealkylation sites (tertiary alicyclic amines) is 2. The largest absolute Gasteiger partial charge is 0.347 e. The van der Waals surface area contributed by atoms with Gasteiger partial charge in [0, 0.05) is 51.0 Å². The lowest BCUT2D eigenvalue weighted by Crippen LogP contribution is -2.48. The number of aryl methyl sites for hydroxylation is 1. The number of nitrogens with zero attached hydrogens (tertiary/aromatic N) is 3. The van der Waals surface area contributed by atoms with Gasteiger partial charge in [-0.05, 0) is 56.0 Å². The van der Waals surface area contributed by atoms with Gasteiger partial charge in [-0.3, -0.25) is 9.69 Å². The van der Waals surface area contributed by atoms with Crippen LogP contribution in [-0.4, -0.2) is 52.5 Å². The summed E-state index contributed by atoms with van der Waals surface area (Å²) in [6, 6.07) is 7.84. The van der Waals surface area contributed by atoms with Crippen LogP contribution in [0.2, 0.25) is 0 Å². The van der Waals surface area contributed by atoms with Crippen LogP contribution in [0.4, 0.5) is 8.78 Å². The first-order chi connectivity index (χ1) is 14.0. The molecule has 2 fully saturated rings. The lowest BCUT2D eigenvalue weighted by Gasteiger charge is -2.40. The molecule has 0 radical (unpaired) electrons. The Kier molecular flexibility index (Phi) is 5.81. The summed E-state index contributed by atoms with van der Waals surface area (Å²) in [5.74, 6) is -0.680. The highest BCUT2D eigenvalue weighted by atomic mass is 19.1. The first-order valence-corrected chi connectivity index (χ1v) is 10.3. The van der Waals surface area contributed by atoms with E-state index in [1.807, 2.05) is 34.8 Å². The second kappa shape index (κ2) is 8.49. The molecule has 154 valence electrons. The van der Waals surface area contributed by atoms with Crippen LogP contribution in [0.15, 0.2) is 42.1 Å². The van der Waals surface area contributed by atoms with E-state index in [0.717, 1.165) is 63.6 Å². The Morgan fingerprint density at radius 3 is 2.45 bits per heavy atom. The van der Waals surface area contributed by atoms with Gasteiger partial charge in [-0.2, -0.15) is 0 Å². The average Bonchev–Trinajstić information content (AvgIpc) is 3.17. The van der Waals surface area contributed by atoms with Crippen LogP contribution in [0.1, 0.15) is 41.7 Å². The molecule has 1 amide bonds. The number of halogens is 2. The molecule has 0 unspecified atom stereocenters. The molecule has 29 heavy (non-hydrogen) atoms. The van der Waals surface area contributed by atoms with Crippen LogP contribution < -0.4 is 0 Å². The Morgan fingerprint density at radius 1 is 1.07 bits per heavy atom. The van der Waals surface area contributed by atoms with Gasteiger partial charge in [0.2, 0.25) is 0 Å². The molecule has 2 aromatic rings. The molecule has 0 spiro atoms. The van der Waals surface area contributed by atoms with Gasteiger partial charge in [-0.15, -0.1) is 0 Å². The molecule has 0 saturated carbocycles. The van der Waals surface area contributed by atoms with E-state index in [1.54, 1.807) is 6.08 Å². The minimum absolute atomic E-state index is 0.108. The Hall–Kier alpha value is -2.47. The average molecular weight is 399 g/mol. The van der Waals surface area contributed by atoms with Gasteiger partial charge < -0.3 is 9.47 Å². The fourth-order valence-corrected chi connectivity index (χ4v) is 4.45. The Labute approximate surface area is 170 Å². The molecule has 0 atom stereocenters. The minimum atomic E-state index is -0.410. The number of aromatic nitrogens is 1. The Balaban J connectivity index is 1.30. The third kappa shape index (κ3) is 4.42. The van der Waals surface area contributed by atoms with Crippen molar-refractivity contribution in [3.05, 3.63) is 65.0 Å². The van der Waals surface area contributed by atoms with Crippen LogP contribution in [0.3, 0.4) is 0 Å². The minimum Gasteiger partial charge on any atom is -0.347 e. The fraction of sp³-hybridized carbons (Fsp3) is 0.435. The zero-order valence-corrected chi connectivity index (χ0v) is 16.8. The molecular formula is C23H27F2N3O. The van der Waals surface area contributed by atoms with E-state index >= 15 is 0 Å². The normalized spacial score (nSPS) is 18.9. The molecule has 2 aliphatic heterocycles. The van der Waals surface area contributed by atoms with E-state index in [9.17, 15) is 13.6 Å². The van der Waals surface area contributed by atoms with Gasteiger partial charge in [0.05, 0.1) is 0 Å². The SMILES string of the molecule is Cn1cccc1C(=O)N1CCC(N2CCC(=Cc3cc(F)ccc3F)CC2)CC1. The predicted molar refractivity (Wildman–Crippen MR) is 109 cm³/mol. The molecule has 4 nitrogen and oxygen atoms in total. The molecule has 0 bridgehead atoms. The monoisotopic (exact) mass is 399 g/mol. The predicted octanol–water partition coefficient (Wildman–Crippen LogP) is 4.09. The molecule has 6 heteroatoms. The molecule has 0 aliphatic carbocycles. The summed E-state index contributed by atoms with van der Waals surface area (Å²) in [6.45, 7) is 3.42. The molecule has 1 aromatic heterocycles. The summed E-state index contributed by atoms with van der Waals surface area (Å²) in [4.78, 5) is 17.1. The van der Waals surface area contributed by atoms with Crippen molar-refractivity contribution in [2.75, 3.05) is 26.2 Å². The van der Waals surface area contributed by atoms with Gasteiger partial charge >= 0.3 is 0 Å². The van der Waals surface area contributed by atoms with E-state index in [0.29, 0.717) is 11.6 Å². The first-order valence-electron chi connectivity index (χ1n) is 10.3. The Morgan fingerprint density at radius 2 is 1.79 bits per heavy atom. The smallest absolute Gasteiger partial charge is 0.270 e. The lowest BCUT2D eigenvalue weighted by atomic mass is 9.96. The molecule has 1 aromatic carbocycles. The van der Waals surface area contributed by atoms with Crippen LogP contribution in [0, 0.1) is 11.6 Å². The number of benzene rings is 1. The number of carbonyl (C=O) groups is 1. The topological polar surface area (TPSA) is 28.5 Å². The van der Waals surface area contributed by atoms with Crippen molar-refractivity contribution in [1.29, 1.82) is 0 Å². The molecular weight excluding hydrogens is 372 g/mol. The van der Waals surface area contributed by atoms with Gasteiger partial charge in [-0.1, -0.05) is 11.6 Å². The summed E-state index contributed by atoms with van der Waals surface area (Å²) in [5, 5.41) is 0. The molecule has 4 rings (SSSR count). The quantitative estimate of drug-likeness (QED) is 0.778. The van der Waals surface area contributed by atoms with Crippen molar-refractivity contribution in [1.82, 2.24) is 14.4 Å². The van der Waals surface area contributed by atoms with Crippen molar-refractivity contribution in [2.24, 2.45) is 7.05 Å². The summed E-state index contributed by atoms with van der Waals surface area (Å²) in [7, 11) is 1.90. The molecule has 3 heterocycles. The van der Waals surface area contributed by atoms with E-state index in [4.69, 9.17) is 0 Å². The number of hydrogen-bond acceptors (Lipinski definition) is 2. The van der Waals surface area contributed by atoms with Crippen molar-refractivity contribution in [2.45, 2.75) is 31.7 Å². The van der Waals surface area contributed by atoms with E-state index < -0.39 is 5.82 Å². The summed E-state index contributed by atoms with van der Waals surface area (Å²) in [5.41, 5.74) is 2.24. The van der Waals surface area contributed by atoms with Gasteiger partial charge in [0.25, 0.3) is 5.91 Å². The zero-order chi connectivity index (χ0) is 20.4. The maximum absolute atomic E-state index is 13.9. The van der Waals surface area contributed by atoms with E-state index in [1.165, 1.54) is 17.7 Å². The Bertz CT molecular complexity index is 903. The summed E-state index contributed by atoms with van der Waals surface area (Å²) >= 11 is 0. The fourth-order valence-electron chi connectivity index (χ4n) is 4.45. The van der Waals surface area contributed by atoms with Crippen molar-refractivity contribution in [3.8, 4) is 0 Å². The maximum Gasteiger partial charge on any atom is 0.270 e. The van der Waals surface area contributed by atoms with Crippen molar-refractivity contribution in [3.63, 3.8) is 0 Å². The third-order valence-corrected chi connectivity index (χ3v) is 6.19. The highest BCUT2D eigenvalue weighted by Crippen LogP contribution is 2.26. The van der Waals surface area contributed by atoms with Crippen molar-refractivity contribution >= 4 is 12.0 Å². The summed E-state index contributed by atoms with van der Waals surface area (Å²) in [6.07, 6.45) is 7.41. The highest BCUT2D eigenvalue weighted by Gasteiger charge is 2.29. The van der Waals surface area contributed by atoms with Gasteiger partial charge in [-0.25, -0.2) is 8.78 Å².